The van der Waals surface area contributed by atoms with Gasteiger partial charge in [0.1, 0.15) is 0 Å². The first-order valence-electron chi connectivity index (χ1n) is 19.1. The van der Waals surface area contributed by atoms with Gasteiger partial charge in [0.2, 0.25) is 5.95 Å². The molecule has 3 atom stereocenters. The lowest BCUT2D eigenvalue weighted by molar-refractivity contribution is 0.514. The third kappa shape index (κ3) is 3.92. The van der Waals surface area contributed by atoms with Gasteiger partial charge < -0.3 is 4.57 Å². The SMILES string of the molecule is CC1C=C2C3=C(C=CC4(C)C3c3c(cccc3N4c3nc(-c4ccc5c6ccccc6n(-c6ccccc6)c5c4)c4ccccc4n3)-c3ccccc32)C1. The van der Waals surface area contributed by atoms with E-state index in [0.29, 0.717) is 5.92 Å². The molecule has 3 aliphatic carbocycles. The van der Waals surface area contributed by atoms with Crippen LogP contribution in [-0.2, 0) is 0 Å². The normalized spacial score (nSPS) is 20.7. The number of nitrogens with zero attached hydrogens (tertiary/aromatic N) is 4. The summed E-state index contributed by atoms with van der Waals surface area (Å²) in [6, 6.07) is 50.6. The highest BCUT2D eigenvalue weighted by Crippen LogP contribution is 2.64. The summed E-state index contributed by atoms with van der Waals surface area (Å²) in [6.07, 6.45) is 8.45. The molecule has 0 bridgehead atoms. The molecular weight excluding hydrogens is 657 g/mol. The molecule has 1 aliphatic heterocycles. The van der Waals surface area contributed by atoms with Gasteiger partial charge in [0.05, 0.1) is 27.8 Å². The van der Waals surface area contributed by atoms with Gasteiger partial charge >= 0.3 is 0 Å². The van der Waals surface area contributed by atoms with Crippen molar-refractivity contribution in [1.82, 2.24) is 14.5 Å². The fourth-order valence-electron chi connectivity index (χ4n) is 10.3. The summed E-state index contributed by atoms with van der Waals surface area (Å²) in [6.45, 7) is 4.75. The molecule has 3 heterocycles. The molecule has 4 aliphatic rings. The summed E-state index contributed by atoms with van der Waals surface area (Å²) < 4.78 is 2.38. The van der Waals surface area contributed by atoms with Crippen LogP contribution in [0.15, 0.2) is 169 Å². The second-order valence-electron chi connectivity index (χ2n) is 15.6. The van der Waals surface area contributed by atoms with Gasteiger partial charge in [-0.3, -0.25) is 4.90 Å². The van der Waals surface area contributed by atoms with E-state index >= 15 is 0 Å². The Labute approximate surface area is 314 Å². The van der Waals surface area contributed by atoms with Crippen LogP contribution in [0.1, 0.15) is 37.3 Å². The molecule has 4 nitrogen and oxygen atoms in total. The van der Waals surface area contributed by atoms with Crippen molar-refractivity contribution in [3.8, 4) is 28.1 Å². The zero-order valence-corrected chi connectivity index (χ0v) is 30.2. The first kappa shape index (κ1) is 30.0. The predicted octanol–water partition coefficient (Wildman–Crippen LogP) is 12.4. The lowest BCUT2D eigenvalue weighted by atomic mass is 9.67. The van der Waals surface area contributed by atoms with Gasteiger partial charge in [0.25, 0.3) is 0 Å². The quantitative estimate of drug-likeness (QED) is 0.185. The summed E-state index contributed by atoms with van der Waals surface area (Å²) in [5.74, 6) is 1.35. The summed E-state index contributed by atoms with van der Waals surface area (Å²) in [4.78, 5) is 13.5. The van der Waals surface area contributed by atoms with E-state index in [9.17, 15) is 0 Å². The molecule has 0 spiro atoms. The molecule has 12 rings (SSSR count). The van der Waals surface area contributed by atoms with Crippen molar-refractivity contribution in [2.75, 3.05) is 4.90 Å². The molecule has 6 aromatic carbocycles. The van der Waals surface area contributed by atoms with Crippen LogP contribution in [-0.4, -0.2) is 20.1 Å². The molecule has 256 valence electrons. The zero-order chi connectivity index (χ0) is 35.7. The van der Waals surface area contributed by atoms with Gasteiger partial charge in [0, 0.05) is 39.0 Å². The minimum Gasteiger partial charge on any atom is -0.309 e. The minimum atomic E-state index is -0.414. The van der Waals surface area contributed by atoms with Gasteiger partial charge in [-0.1, -0.05) is 128 Å². The third-order valence-electron chi connectivity index (χ3n) is 12.5. The van der Waals surface area contributed by atoms with E-state index < -0.39 is 5.54 Å². The minimum absolute atomic E-state index is 0.145. The largest absolute Gasteiger partial charge is 0.309 e. The van der Waals surface area contributed by atoms with Gasteiger partial charge in [-0.2, -0.15) is 0 Å². The number of hydrogen-bond acceptors (Lipinski definition) is 3. The van der Waals surface area contributed by atoms with Crippen LogP contribution in [0.2, 0.25) is 0 Å². The van der Waals surface area contributed by atoms with Gasteiger partial charge in [-0.15, -0.1) is 0 Å². The van der Waals surface area contributed by atoms with E-state index in [-0.39, 0.29) is 5.92 Å². The van der Waals surface area contributed by atoms with E-state index in [4.69, 9.17) is 9.97 Å². The maximum absolute atomic E-state index is 5.62. The van der Waals surface area contributed by atoms with E-state index in [1.54, 1.807) is 0 Å². The van der Waals surface area contributed by atoms with Crippen molar-refractivity contribution >= 4 is 49.9 Å². The zero-order valence-electron chi connectivity index (χ0n) is 30.2. The number of fused-ring (bicyclic) bond motifs is 7. The number of aromatic nitrogens is 3. The first-order chi connectivity index (χ1) is 26.6. The van der Waals surface area contributed by atoms with Crippen LogP contribution in [0, 0.1) is 5.92 Å². The molecule has 0 saturated heterocycles. The van der Waals surface area contributed by atoms with E-state index in [2.05, 4.69) is 181 Å². The summed E-state index contributed by atoms with van der Waals surface area (Å²) in [5.41, 5.74) is 16.9. The van der Waals surface area contributed by atoms with Crippen molar-refractivity contribution in [1.29, 1.82) is 0 Å². The molecule has 0 radical (unpaired) electrons. The Balaban J connectivity index is 1.12. The van der Waals surface area contributed by atoms with Crippen LogP contribution in [0.4, 0.5) is 11.6 Å². The molecule has 0 fully saturated rings. The average molecular weight is 693 g/mol. The molecule has 0 saturated carbocycles. The van der Waals surface area contributed by atoms with Crippen molar-refractivity contribution in [3.05, 3.63) is 180 Å². The fourth-order valence-corrected chi connectivity index (χ4v) is 10.3. The number of hydrogen-bond donors (Lipinski definition) is 0. The highest BCUT2D eigenvalue weighted by Gasteiger charge is 2.55. The van der Waals surface area contributed by atoms with Gasteiger partial charge in [-0.25, -0.2) is 9.97 Å². The number of allylic oxidation sites excluding steroid dienone is 4. The summed E-state index contributed by atoms with van der Waals surface area (Å²) in [7, 11) is 0. The van der Waals surface area contributed by atoms with Crippen molar-refractivity contribution in [2.24, 2.45) is 5.92 Å². The molecule has 3 unspecified atom stereocenters. The lowest BCUT2D eigenvalue weighted by Gasteiger charge is -2.43. The second-order valence-corrected chi connectivity index (χ2v) is 15.6. The highest BCUT2D eigenvalue weighted by atomic mass is 15.3. The lowest BCUT2D eigenvalue weighted by Crippen LogP contribution is -2.45. The first-order valence-corrected chi connectivity index (χ1v) is 19.1. The molecule has 54 heavy (non-hydrogen) atoms. The van der Waals surface area contributed by atoms with E-state index in [1.165, 1.54) is 60.9 Å². The Morgan fingerprint density at radius 3 is 2.30 bits per heavy atom. The molecule has 4 heteroatoms. The van der Waals surface area contributed by atoms with Gasteiger partial charge in [0.15, 0.2) is 0 Å². The predicted molar refractivity (Wildman–Crippen MR) is 222 cm³/mol. The number of benzene rings is 6. The molecule has 2 aromatic heterocycles. The van der Waals surface area contributed by atoms with Gasteiger partial charge in [-0.05, 0) is 94.6 Å². The number of para-hydroxylation sites is 3. The Morgan fingerprint density at radius 2 is 1.41 bits per heavy atom. The molecular formula is C50H36N4. The Hall–Kier alpha value is -6.52. The second kappa shape index (κ2) is 10.8. The van der Waals surface area contributed by atoms with Crippen LogP contribution in [0.3, 0.4) is 0 Å². The summed E-state index contributed by atoms with van der Waals surface area (Å²) in [5, 5.41) is 3.51. The van der Waals surface area contributed by atoms with Crippen molar-refractivity contribution < 1.29 is 0 Å². The van der Waals surface area contributed by atoms with Crippen LogP contribution in [0.5, 0.6) is 0 Å². The number of anilines is 2. The highest BCUT2D eigenvalue weighted by molar-refractivity contribution is 6.11. The summed E-state index contributed by atoms with van der Waals surface area (Å²) >= 11 is 0. The molecule has 0 amide bonds. The molecule has 8 aromatic rings. The maximum atomic E-state index is 5.62. The standard InChI is InChI=1S/C50H36N4/c1-30-27-31-25-26-50(2)47-45(31)40(28-30)35-16-7-6-15-34(35)38-19-12-22-43(46(38)47)54(50)49-51-41-20-10-8-18-39(41)48(52-49)32-23-24-37-36-17-9-11-21-42(36)53(44(37)29-32)33-13-4-3-5-14-33/h3-26,28-30,47H,27H2,1-2H3. The van der Waals surface area contributed by atoms with Crippen LogP contribution in [0.25, 0.3) is 66.4 Å². The monoisotopic (exact) mass is 692 g/mol. The Morgan fingerprint density at radius 1 is 0.667 bits per heavy atom. The average Bonchev–Trinajstić information content (AvgIpc) is 3.64. The number of rotatable bonds is 3. The molecule has 0 N–H and O–H groups in total. The third-order valence-corrected chi connectivity index (χ3v) is 12.5. The Bertz CT molecular complexity index is 3020. The van der Waals surface area contributed by atoms with E-state index in [0.717, 1.165) is 45.7 Å². The van der Waals surface area contributed by atoms with Crippen LogP contribution < -0.4 is 4.90 Å². The maximum Gasteiger partial charge on any atom is 0.231 e. The van der Waals surface area contributed by atoms with Crippen molar-refractivity contribution in [3.63, 3.8) is 0 Å². The van der Waals surface area contributed by atoms with Crippen LogP contribution >= 0.6 is 0 Å². The Kier molecular flexibility index (Phi) is 5.98. The smallest absolute Gasteiger partial charge is 0.231 e. The fraction of sp³-hybridized carbons (Fsp3) is 0.120. The topological polar surface area (TPSA) is 34.0 Å². The van der Waals surface area contributed by atoms with Crippen molar-refractivity contribution in [2.45, 2.75) is 31.7 Å². The van der Waals surface area contributed by atoms with E-state index in [1.807, 2.05) is 0 Å².